The second kappa shape index (κ2) is 6.03. The number of nitrogens with two attached hydrogens (primary N) is 1. The van der Waals surface area contributed by atoms with Crippen LogP contribution in [0.1, 0.15) is 51.9 Å². The SMILES string of the molecule is CC1(CC2(N)CC2)CCC(Oc2cc3cc[nH]c(=O)c3cc2Cl)CC1. The highest BCUT2D eigenvalue weighted by Gasteiger charge is 2.45. The van der Waals surface area contributed by atoms with Crippen molar-refractivity contribution in [1.29, 1.82) is 0 Å². The number of halogens is 1. The largest absolute Gasteiger partial charge is 0.489 e. The highest BCUT2D eigenvalue weighted by molar-refractivity contribution is 6.32. The zero-order chi connectivity index (χ0) is 17.7. The molecule has 0 unspecified atom stereocenters. The average molecular weight is 361 g/mol. The van der Waals surface area contributed by atoms with Crippen LogP contribution in [0, 0.1) is 5.41 Å². The van der Waals surface area contributed by atoms with Gasteiger partial charge in [0, 0.05) is 17.1 Å². The Morgan fingerprint density at radius 2 is 2.00 bits per heavy atom. The van der Waals surface area contributed by atoms with Gasteiger partial charge in [0.1, 0.15) is 5.75 Å². The van der Waals surface area contributed by atoms with Crippen molar-refractivity contribution < 1.29 is 4.74 Å². The third-order valence-electron chi connectivity index (χ3n) is 5.93. The van der Waals surface area contributed by atoms with E-state index >= 15 is 0 Å². The lowest BCUT2D eigenvalue weighted by atomic mass is 9.70. The highest BCUT2D eigenvalue weighted by Crippen LogP contribution is 2.49. The van der Waals surface area contributed by atoms with Gasteiger partial charge in [-0.1, -0.05) is 18.5 Å². The molecule has 5 heteroatoms. The van der Waals surface area contributed by atoms with Crippen LogP contribution in [0.25, 0.3) is 10.8 Å². The lowest BCUT2D eigenvalue weighted by Gasteiger charge is -2.39. The van der Waals surface area contributed by atoms with Gasteiger partial charge in [0.2, 0.25) is 0 Å². The van der Waals surface area contributed by atoms with E-state index in [1.165, 1.54) is 12.8 Å². The van der Waals surface area contributed by atoms with Crippen LogP contribution in [0.5, 0.6) is 5.75 Å². The van der Waals surface area contributed by atoms with E-state index in [4.69, 9.17) is 22.1 Å². The number of aromatic amines is 1. The zero-order valence-corrected chi connectivity index (χ0v) is 15.4. The van der Waals surface area contributed by atoms with Gasteiger partial charge in [-0.2, -0.15) is 0 Å². The Bertz CT molecular complexity index is 848. The maximum absolute atomic E-state index is 11.9. The molecule has 1 heterocycles. The lowest BCUT2D eigenvalue weighted by Crippen LogP contribution is -2.36. The van der Waals surface area contributed by atoms with Crippen LogP contribution in [-0.2, 0) is 0 Å². The van der Waals surface area contributed by atoms with E-state index in [1.807, 2.05) is 12.1 Å². The summed E-state index contributed by atoms with van der Waals surface area (Å²) >= 11 is 6.35. The molecule has 2 aliphatic carbocycles. The standard InChI is InChI=1S/C20H25ClN2O2/c1-19(12-20(22)7-8-20)5-2-14(3-6-19)25-17-10-13-4-9-23-18(24)15(13)11-16(17)21/h4,9-11,14H,2-3,5-8,12,22H2,1H3,(H,23,24). The van der Waals surface area contributed by atoms with Crippen molar-refractivity contribution in [2.45, 2.75) is 63.5 Å². The van der Waals surface area contributed by atoms with E-state index in [-0.39, 0.29) is 17.2 Å². The second-order valence-corrected chi connectivity index (χ2v) is 8.75. The fourth-order valence-corrected chi connectivity index (χ4v) is 4.44. The molecule has 0 radical (unpaired) electrons. The minimum Gasteiger partial charge on any atom is -0.489 e. The molecule has 134 valence electrons. The molecule has 0 amide bonds. The Kier molecular flexibility index (Phi) is 4.08. The Hall–Kier alpha value is -1.52. The van der Waals surface area contributed by atoms with Crippen molar-refractivity contribution >= 4 is 22.4 Å². The van der Waals surface area contributed by atoms with Gasteiger partial charge in [-0.15, -0.1) is 0 Å². The number of benzene rings is 1. The van der Waals surface area contributed by atoms with Crippen LogP contribution < -0.4 is 16.0 Å². The number of H-pyrrole nitrogens is 1. The van der Waals surface area contributed by atoms with Crippen molar-refractivity contribution in [3.05, 3.63) is 39.8 Å². The molecule has 4 nitrogen and oxygen atoms in total. The van der Waals surface area contributed by atoms with Crippen molar-refractivity contribution in [2.24, 2.45) is 11.1 Å². The summed E-state index contributed by atoms with van der Waals surface area (Å²) in [7, 11) is 0. The van der Waals surface area contributed by atoms with Crippen LogP contribution >= 0.6 is 11.6 Å². The maximum Gasteiger partial charge on any atom is 0.255 e. The quantitative estimate of drug-likeness (QED) is 0.849. The molecule has 0 atom stereocenters. The first-order chi connectivity index (χ1) is 11.9. The summed E-state index contributed by atoms with van der Waals surface area (Å²) < 4.78 is 6.20. The van der Waals surface area contributed by atoms with Crippen molar-refractivity contribution in [3.8, 4) is 5.75 Å². The van der Waals surface area contributed by atoms with Crippen molar-refractivity contribution in [2.75, 3.05) is 0 Å². The molecule has 3 N–H and O–H groups in total. The molecular weight excluding hydrogens is 336 g/mol. The monoisotopic (exact) mass is 360 g/mol. The average Bonchev–Trinajstić information content (AvgIpc) is 3.28. The van der Waals surface area contributed by atoms with Gasteiger partial charge in [-0.25, -0.2) is 0 Å². The summed E-state index contributed by atoms with van der Waals surface area (Å²) in [5, 5.41) is 1.94. The highest BCUT2D eigenvalue weighted by atomic mass is 35.5. The van der Waals surface area contributed by atoms with Gasteiger partial charge in [0.25, 0.3) is 5.56 Å². The molecule has 1 aromatic carbocycles. The van der Waals surface area contributed by atoms with Gasteiger partial charge in [-0.05, 0) is 73.9 Å². The predicted octanol–water partition coefficient (Wildman–Crippen LogP) is 4.39. The number of hydrogen-bond acceptors (Lipinski definition) is 3. The summed E-state index contributed by atoms with van der Waals surface area (Å²) in [6.45, 7) is 2.37. The minimum absolute atomic E-state index is 0.108. The van der Waals surface area contributed by atoms with Crippen LogP contribution in [0.15, 0.2) is 29.2 Å². The van der Waals surface area contributed by atoms with E-state index in [0.29, 0.717) is 21.6 Å². The molecule has 2 aliphatic rings. The molecule has 1 aromatic heterocycles. The summed E-state index contributed by atoms with van der Waals surface area (Å²) in [5.74, 6) is 0.672. The first kappa shape index (κ1) is 16.9. The number of nitrogens with one attached hydrogen (secondary N) is 1. The van der Waals surface area contributed by atoms with Gasteiger partial charge in [0.05, 0.1) is 11.1 Å². The molecular formula is C20H25ClN2O2. The third kappa shape index (κ3) is 3.56. The van der Waals surface area contributed by atoms with Crippen LogP contribution in [-0.4, -0.2) is 16.6 Å². The maximum atomic E-state index is 11.9. The topological polar surface area (TPSA) is 68.1 Å². The number of rotatable bonds is 4. The van der Waals surface area contributed by atoms with E-state index < -0.39 is 0 Å². The number of aromatic nitrogens is 1. The fourth-order valence-electron chi connectivity index (χ4n) is 4.23. The van der Waals surface area contributed by atoms with Crippen LogP contribution in [0.3, 0.4) is 0 Å². The Morgan fingerprint density at radius 3 is 2.68 bits per heavy atom. The normalized spacial score (nSPS) is 28.0. The molecule has 2 aromatic rings. The van der Waals surface area contributed by atoms with Crippen LogP contribution in [0.4, 0.5) is 0 Å². The zero-order valence-electron chi connectivity index (χ0n) is 14.6. The first-order valence-corrected chi connectivity index (χ1v) is 9.50. The predicted molar refractivity (Wildman–Crippen MR) is 101 cm³/mol. The van der Waals surface area contributed by atoms with Gasteiger partial charge in [0.15, 0.2) is 0 Å². The number of fused-ring (bicyclic) bond motifs is 1. The molecule has 25 heavy (non-hydrogen) atoms. The molecule has 2 saturated carbocycles. The van der Waals surface area contributed by atoms with Crippen molar-refractivity contribution in [3.63, 3.8) is 0 Å². The molecule has 0 saturated heterocycles. The molecule has 0 spiro atoms. The van der Waals surface area contributed by atoms with Crippen molar-refractivity contribution in [1.82, 2.24) is 4.98 Å². The first-order valence-electron chi connectivity index (χ1n) is 9.12. The smallest absolute Gasteiger partial charge is 0.255 e. The van der Waals surface area contributed by atoms with E-state index in [0.717, 1.165) is 37.5 Å². The Balaban J connectivity index is 1.45. The summed E-state index contributed by atoms with van der Waals surface area (Å²) in [6, 6.07) is 5.44. The van der Waals surface area contributed by atoms with Crippen LogP contribution in [0.2, 0.25) is 5.02 Å². The fraction of sp³-hybridized carbons (Fsp3) is 0.550. The molecule has 0 bridgehead atoms. The van der Waals surface area contributed by atoms with E-state index in [1.54, 1.807) is 12.3 Å². The lowest BCUT2D eigenvalue weighted by molar-refractivity contribution is 0.0779. The summed E-state index contributed by atoms with van der Waals surface area (Å²) in [4.78, 5) is 14.5. The van der Waals surface area contributed by atoms with Gasteiger partial charge >= 0.3 is 0 Å². The second-order valence-electron chi connectivity index (χ2n) is 8.34. The molecule has 0 aliphatic heterocycles. The third-order valence-corrected chi connectivity index (χ3v) is 6.23. The summed E-state index contributed by atoms with van der Waals surface area (Å²) in [5.41, 5.74) is 6.65. The Labute approximate surface area is 152 Å². The van der Waals surface area contributed by atoms with Gasteiger partial charge in [-0.3, -0.25) is 4.79 Å². The Morgan fingerprint density at radius 1 is 1.28 bits per heavy atom. The summed E-state index contributed by atoms with van der Waals surface area (Å²) in [6.07, 6.45) is 9.64. The van der Waals surface area contributed by atoms with E-state index in [9.17, 15) is 4.79 Å². The minimum atomic E-state index is -0.129. The molecule has 4 rings (SSSR count). The van der Waals surface area contributed by atoms with E-state index in [2.05, 4.69) is 11.9 Å². The number of ether oxygens (including phenoxy) is 1. The molecule has 2 fully saturated rings. The van der Waals surface area contributed by atoms with Gasteiger partial charge < -0.3 is 15.5 Å². The number of pyridine rings is 1. The number of hydrogen-bond donors (Lipinski definition) is 2.